The molecule has 0 saturated carbocycles. The number of benzene rings is 1. The van der Waals surface area contributed by atoms with E-state index >= 15 is 0 Å². The first-order chi connectivity index (χ1) is 7.54. The molecule has 0 heterocycles. The number of nitrogens with one attached hydrogen (secondary N) is 1. The first kappa shape index (κ1) is 12.3. The van der Waals surface area contributed by atoms with Gasteiger partial charge in [0.25, 0.3) is 5.91 Å². The summed E-state index contributed by atoms with van der Waals surface area (Å²) in [7, 11) is 0. The number of phenolic OH excluding ortho intramolecular Hbond substituents is 1. The summed E-state index contributed by atoms with van der Waals surface area (Å²) < 4.78 is 0. The molecule has 2 N–H and O–H groups in total. The van der Waals surface area contributed by atoms with E-state index in [1.165, 1.54) is 18.2 Å². The third kappa shape index (κ3) is 3.14. The Morgan fingerprint density at radius 3 is 3.00 bits per heavy atom. The maximum atomic E-state index is 11.6. The number of rotatable bonds is 3. The van der Waals surface area contributed by atoms with Crippen LogP contribution in [0.25, 0.3) is 0 Å². The number of amides is 1. The van der Waals surface area contributed by atoms with E-state index in [2.05, 4.69) is 5.32 Å². The van der Waals surface area contributed by atoms with Gasteiger partial charge in [-0.2, -0.15) is 5.26 Å². The van der Waals surface area contributed by atoms with E-state index in [-0.39, 0.29) is 23.8 Å². The zero-order chi connectivity index (χ0) is 12.1. The molecule has 0 radical (unpaired) electrons. The van der Waals surface area contributed by atoms with Crippen molar-refractivity contribution >= 4 is 17.5 Å². The molecular formula is C11H11ClN2O2. The van der Waals surface area contributed by atoms with Crippen LogP contribution >= 0.6 is 11.6 Å². The SMILES string of the molecule is CC(C#N)CNC(=O)c1cc(Cl)ccc1O. The van der Waals surface area contributed by atoms with Crippen molar-refractivity contribution in [2.24, 2.45) is 5.92 Å². The Kier molecular flexibility index (Phi) is 4.15. The van der Waals surface area contributed by atoms with Crippen LogP contribution in [0, 0.1) is 17.2 Å². The van der Waals surface area contributed by atoms with E-state index in [0.717, 1.165) is 0 Å². The van der Waals surface area contributed by atoms with Gasteiger partial charge in [0.15, 0.2) is 0 Å². The third-order valence-electron chi connectivity index (χ3n) is 1.99. The molecule has 16 heavy (non-hydrogen) atoms. The fourth-order valence-corrected chi connectivity index (χ4v) is 1.25. The van der Waals surface area contributed by atoms with Crippen LogP contribution in [0.5, 0.6) is 5.75 Å². The fraction of sp³-hybridized carbons (Fsp3) is 0.273. The van der Waals surface area contributed by atoms with Gasteiger partial charge >= 0.3 is 0 Å². The zero-order valence-corrected chi connectivity index (χ0v) is 9.45. The quantitative estimate of drug-likeness (QED) is 0.845. The molecule has 0 aliphatic rings. The van der Waals surface area contributed by atoms with Crippen molar-refractivity contribution in [1.29, 1.82) is 5.26 Å². The number of carbonyl (C=O) groups is 1. The highest BCUT2D eigenvalue weighted by atomic mass is 35.5. The van der Waals surface area contributed by atoms with E-state index < -0.39 is 5.91 Å². The number of aromatic hydroxyl groups is 1. The smallest absolute Gasteiger partial charge is 0.255 e. The summed E-state index contributed by atoms with van der Waals surface area (Å²) in [6.45, 7) is 1.93. The number of phenols is 1. The van der Waals surface area contributed by atoms with E-state index in [1.807, 2.05) is 6.07 Å². The topological polar surface area (TPSA) is 73.1 Å². The van der Waals surface area contributed by atoms with Crippen LogP contribution in [0.3, 0.4) is 0 Å². The summed E-state index contributed by atoms with van der Waals surface area (Å²) in [5, 5.41) is 20.9. The molecule has 1 aromatic carbocycles. The second-order valence-electron chi connectivity index (χ2n) is 3.40. The van der Waals surface area contributed by atoms with Gasteiger partial charge in [-0.1, -0.05) is 11.6 Å². The van der Waals surface area contributed by atoms with Crippen LogP contribution < -0.4 is 5.32 Å². The highest BCUT2D eigenvalue weighted by Crippen LogP contribution is 2.21. The molecule has 0 bridgehead atoms. The normalized spacial score (nSPS) is 11.6. The van der Waals surface area contributed by atoms with Crippen LogP contribution in [0.15, 0.2) is 18.2 Å². The van der Waals surface area contributed by atoms with Crippen molar-refractivity contribution in [3.05, 3.63) is 28.8 Å². The molecule has 4 nitrogen and oxygen atoms in total. The minimum atomic E-state index is -0.442. The highest BCUT2D eigenvalue weighted by molar-refractivity contribution is 6.31. The van der Waals surface area contributed by atoms with Crippen LogP contribution in [0.2, 0.25) is 5.02 Å². The van der Waals surface area contributed by atoms with Gasteiger partial charge < -0.3 is 10.4 Å². The number of carbonyl (C=O) groups excluding carboxylic acids is 1. The van der Waals surface area contributed by atoms with Gasteiger partial charge in [0, 0.05) is 11.6 Å². The highest BCUT2D eigenvalue weighted by Gasteiger charge is 2.12. The third-order valence-corrected chi connectivity index (χ3v) is 2.23. The Balaban J connectivity index is 2.74. The van der Waals surface area contributed by atoms with Gasteiger partial charge in [0.2, 0.25) is 0 Å². The van der Waals surface area contributed by atoms with Gasteiger partial charge in [0.1, 0.15) is 5.75 Å². The maximum absolute atomic E-state index is 11.6. The van der Waals surface area contributed by atoms with Crippen LogP contribution in [0.1, 0.15) is 17.3 Å². The number of hydrogen-bond acceptors (Lipinski definition) is 3. The summed E-state index contributed by atoms with van der Waals surface area (Å²) in [6.07, 6.45) is 0. The molecule has 0 saturated heterocycles. The maximum Gasteiger partial charge on any atom is 0.255 e. The molecule has 1 rings (SSSR count). The number of nitrogens with zero attached hydrogens (tertiary/aromatic N) is 1. The fourth-order valence-electron chi connectivity index (χ4n) is 1.08. The lowest BCUT2D eigenvalue weighted by Gasteiger charge is -2.07. The lowest BCUT2D eigenvalue weighted by Crippen LogP contribution is -2.27. The Morgan fingerprint density at radius 1 is 1.69 bits per heavy atom. The van der Waals surface area contributed by atoms with Crippen molar-refractivity contribution in [2.45, 2.75) is 6.92 Å². The van der Waals surface area contributed by atoms with Gasteiger partial charge in [-0.25, -0.2) is 0 Å². The predicted octanol–water partition coefficient (Wildman–Crippen LogP) is 1.94. The summed E-state index contributed by atoms with van der Waals surface area (Å²) in [5.74, 6) is -0.848. The van der Waals surface area contributed by atoms with Gasteiger partial charge in [-0.15, -0.1) is 0 Å². The van der Waals surface area contributed by atoms with E-state index in [4.69, 9.17) is 16.9 Å². The Bertz CT molecular complexity index is 440. The van der Waals surface area contributed by atoms with Gasteiger partial charge in [-0.3, -0.25) is 4.79 Å². The molecule has 0 fully saturated rings. The summed E-state index contributed by atoms with van der Waals surface area (Å²) in [4.78, 5) is 11.6. The molecule has 0 aliphatic heterocycles. The summed E-state index contributed by atoms with van der Waals surface area (Å²) >= 11 is 5.71. The van der Waals surface area contributed by atoms with Gasteiger partial charge in [0.05, 0.1) is 17.6 Å². The molecule has 1 unspecified atom stereocenters. The van der Waals surface area contributed by atoms with Crippen LogP contribution in [0.4, 0.5) is 0 Å². The molecule has 1 aromatic rings. The van der Waals surface area contributed by atoms with E-state index in [1.54, 1.807) is 6.92 Å². The second kappa shape index (κ2) is 5.38. The average molecular weight is 239 g/mol. The first-order valence-electron chi connectivity index (χ1n) is 4.71. The molecule has 1 amide bonds. The van der Waals surface area contributed by atoms with Crippen molar-refractivity contribution < 1.29 is 9.90 Å². The zero-order valence-electron chi connectivity index (χ0n) is 8.70. The van der Waals surface area contributed by atoms with E-state index in [0.29, 0.717) is 5.02 Å². The van der Waals surface area contributed by atoms with Crippen molar-refractivity contribution in [2.75, 3.05) is 6.54 Å². The summed E-state index contributed by atoms with van der Waals surface area (Å²) in [5.41, 5.74) is 0.109. The standard InChI is InChI=1S/C11H11ClN2O2/c1-7(5-13)6-14-11(16)9-4-8(12)2-3-10(9)15/h2-4,7,15H,6H2,1H3,(H,14,16). The summed E-state index contributed by atoms with van der Waals surface area (Å²) in [6, 6.07) is 6.22. The molecular weight excluding hydrogens is 228 g/mol. The Labute approximate surface area is 98.5 Å². The largest absolute Gasteiger partial charge is 0.507 e. The molecule has 0 aromatic heterocycles. The first-order valence-corrected chi connectivity index (χ1v) is 5.08. The van der Waals surface area contributed by atoms with Crippen molar-refractivity contribution in [3.8, 4) is 11.8 Å². The number of hydrogen-bond donors (Lipinski definition) is 2. The lowest BCUT2D eigenvalue weighted by atomic mass is 10.1. The number of halogens is 1. The van der Waals surface area contributed by atoms with Crippen molar-refractivity contribution in [1.82, 2.24) is 5.32 Å². The molecule has 5 heteroatoms. The van der Waals surface area contributed by atoms with E-state index in [9.17, 15) is 9.90 Å². The molecule has 0 aliphatic carbocycles. The monoisotopic (exact) mass is 238 g/mol. The van der Waals surface area contributed by atoms with Gasteiger partial charge in [-0.05, 0) is 25.1 Å². The predicted molar refractivity (Wildman–Crippen MR) is 60.2 cm³/mol. The van der Waals surface area contributed by atoms with Crippen molar-refractivity contribution in [3.63, 3.8) is 0 Å². The van der Waals surface area contributed by atoms with Crippen LogP contribution in [-0.4, -0.2) is 17.6 Å². The molecule has 84 valence electrons. The minimum Gasteiger partial charge on any atom is -0.507 e. The second-order valence-corrected chi connectivity index (χ2v) is 3.84. The minimum absolute atomic E-state index is 0.109. The number of nitriles is 1. The molecule has 0 spiro atoms. The average Bonchev–Trinajstić information content (AvgIpc) is 2.28. The Hall–Kier alpha value is -1.73. The Morgan fingerprint density at radius 2 is 2.38 bits per heavy atom. The lowest BCUT2D eigenvalue weighted by molar-refractivity contribution is 0.0948. The van der Waals surface area contributed by atoms with Crippen LogP contribution in [-0.2, 0) is 0 Å². The molecule has 1 atom stereocenters.